The molecular weight excluding hydrogens is 662 g/mol. The zero-order valence-electron chi connectivity index (χ0n) is 27.8. The van der Waals surface area contributed by atoms with E-state index in [0.29, 0.717) is 58.8 Å². The van der Waals surface area contributed by atoms with Gasteiger partial charge in [-0.25, -0.2) is 15.4 Å². The number of benzene rings is 2. The van der Waals surface area contributed by atoms with E-state index in [-0.39, 0.29) is 38.4 Å². The molecule has 2 unspecified atom stereocenters. The normalized spacial score (nSPS) is 28.3. The molecule has 3 aliphatic heterocycles. The molecule has 12 heteroatoms. The van der Waals surface area contributed by atoms with Crippen LogP contribution in [0.25, 0.3) is 26.9 Å². The maximum Gasteiger partial charge on any atom is 0.319 e. The summed E-state index contributed by atoms with van der Waals surface area (Å²) in [5.41, 5.74) is 4.77. The number of rotatable bonds is 9. The van der Waals surface area contributed by atoms with E-state index in [0.717, 1.165) is 49.8 Å². The molecule has 0 N–H and O–H groups in total. The van der Waals surface area contributed by atoms with Gasteiger partial charge in [-0.15, -0.1) is 0 Å². The minimum Gasteiger partial charge on any atom is -0.487 e. The SMILES string of the molecule is [C-]#[N+]C[C@H]1CN(c2nc(OC[C@@]34CCCN3C[C@H](F)C4)nc3c(OC4CC4)c(-c4cccc5c4CC4CC54)c(Cl)cc23)CCN1C(=O)C(=C)F. The van der Waals surface area contributed by atoms with Crippen LogP contribution in [0.3, 0.4) is 0 Å². The highest BCUT2D eigenvalue weighted by Gasteiger charge is 2.50. The van der Waals surface area contributed by atoms with Crippen molar-refractivity contribution in [2.24, 2.45) is 5.92 Å². The van der Waals surface area contributed by atoms with Crippen molar-refractivity contribution in [3.8, 4) is 22.9 Å². The number of carbonyl (C=O) groups excluding carboxylic acids is 1. The number of ether oxygens (including phenoxy) is 2. The molecule has 0 radical (unpaired) electrons. The van der Waals surface area contributed by atoms with Crippen molar-refractivity contribution in [2.45, 2.75) is 74.7 Å². The van der Waals surface area contributed by atoms with Crippen LogP contribution in [0.4, 0.5) is 14.6 Å². The number of amides is 1. The first-order valence-electron chi connectivity index (χ1n) is 17.8. The number of aromatic nitrogens is 2. The molecule has 0 spiro atoms. The number of hydrogen-bond donors (Lipinski definition) is 0. The molecule has 5 fully saturated rings. The van der Waals surface area contributed by atoms with E-state index >= 15 is 0 Å². The van der Waals surface area contributed by atoms with Gasteiger partial charge in [-0.2, -0.15) is 9.97 Å². The summed E-state index contributed by atoms with van der Waals surface area (Å²) in [6, 6.07) is 7.93. The number of nitrogens with zero attached hydrogens (tertiary/aromatic N) is 6. The van der Waals surface area contributed by atoms with Gasteiger partial charge < -0.3 is 24.1 Å². The lowest BCUT2D eigenvalue weighted by Gasteiger charge is -2.40. The van der Waals surface area contributed by atoms with Crippen LogP contribution in [0.1, 0.15) is 55.6 Å². The molecule has 3 aromatic rings. The van der Waals surface area contributed by atoms with Gasteiger partial charge in [0.15, 0.2) is 11.6 Å². The van der Waals surface area contributed by atoms with E-state index in [1.807, 2.05) is 11.0 Å². The first kappa shape index (κ1) is 31.9. The predicted octanol–water partition coefficient (Wildman–Crippen LogP) is 6.53. The molecule has 2 aromatic carbocycles. The highest BCUT2D eigenvalue weighted by Crippen LogP contribution is 2.59. The van der Waals surface area contributed by atoms with Crippen molar-refractivity contribution in [1.29, 1.82) is 0 Å². The summed E-state index contributed by atoms with van der Waals surface area (Å²) in [5.74, 6) is 0.579. The highest BCUT2D eigenvalue weighted by atomic mass is 35.5. The molecule has 260 valence electrons. The Bertz CT molecular complexity index is 1970. The fraction of sp³-hybridized carbons (Fsp3) is 0.526. The Labute approximate surface area is 295 Å². The predicted molar refractivity (Wildman–Crippen MR) is 186 cm³/mol. The molecule has 1 amide bonds. The zero-order chi connectivity index (χ0) is 34.3. The van der Waals surface area contributed by atoms with Crippen molar-refractivity contribution < 1.29 is 23.0 Å². The van der Waals surface area contributed by atoms with Gasteiger partial charge in [0.05, 0.1) is 16.7 Å². The second-order valence-electron chi connectivity index (χ2n) is 15.0. The molecule has 1 aromatic heterocycles. The van der Waals surface area contributed by atoms with Crippen molar-refractivity contribution in [1.82, 2.24) is 19.8 Å². The summed E-state index contributed by atoms with van der Waals surface area (Å²) < 4.78 is 41.9. The van der Waals surface area contributed by atoms with Crippen LogP contribution in [0.5, 0.6) is 11.8 Å². The van der Waals surface area contributed by atoms with Crippen LogP contribution < -0.4 is 14.4 Å². The Balaban J connectivity index is 1.18. The lowest BCUT2D eigenvalue weighted by molar-refractivity contribution is -0.131. The van der Waals surface area contributed by atoms with Gasteiger partial charge in [0, 0.05) is 43.5 Å². The molecule has 0 bridgehead atoms. The van der Waals surface area contributed by atoms with E-state index in [9.17, 15) is 13.6 Å². The number of fused-ring (bicyclic) bond motifs is 5. The molecule has 2 saturated carbocycles. The molecular formula is C38H39ClF2N6O3. The van der Waals surface area contributed by atoms with Gasteiger partial charge in [0.25, 0.3) is 5.91 Å². The first-order chi connectivity index (χ1) is 24.2. The number of carbonyl (C=O) groups is 1. The Kier molecular flexibility index (Phi) is 7.70. The van der Waals surface area contributed by atoms with E-state index in [1.165, 1.54) is 22.4 Å². The van der Waals surface area contributed by atoms with E-state index in [4.69, 9.17) is 37.6 Å². The summed E-state index contributed by atoms with van der Waals surface area (Å²) in [4.78, 5) is 31.8. The van der Waals surface area contributed by atoms with Crippen LogP contribution >= 0.6 is 11.6 Å². The molecule has 3 saturated heterocycles. The van der Waals surface area contributed by atoms with Crippen LogP contribution in [0.15, 0.2) is 36.7 Å². The minimum atomic E-state index is -1.05. The lowest BCUT2D eigenvalue weighted by Crippen LogP contribution is -2.56. The van der Waals surface area contributed by atoms with Gasteiger partial charge in [-0.1, -0.05) is 36.4 Å². The number of halogens is 3. The van der Waals surface area contributed by atoms with Crippen molar-refractivity contribution in [3.63, 3.8) is 0 Å². The van der Waals surface area contributed by atoms with Crippen LogP contribution in [0.2, 0.25) is 5.02 Å². The zero-order valence-corrected chi connectivity index (χ0v) is 28.6. The summed E-state index contributed by atoms with van der Waals surface area (Å²) in [6.07, 6.45) is 5.51. The molecule has 50 heavy (non-hydrogen) atoms. The Morgan fingerprint density at radius 3 is 2.86 bits per heavy atom. The third-order valence-corrected chi connectivity index (χ3v) is 12.0. The molecule has 4 heterocycles. The van der Waals surface area contributed by atoms with Gasteiger partial charge in [-0.3, -0.25) is 9.69 Å². The van der Waals surface area contributed by atoms with Crippen LogP contribution in [-0.4, -0.2) is 95.4 Å². The fourth-order valence-corrected chi connectivity index (χ4v) is 9.40. The molecule has 6 aliphatic rings. The molecule has 5 atom stereocenters. The molecule has 9 nitrogen and oxygen atoms in total. The summed E-state index contributed by atoms with van der Waals surface area (Å²) in [7, 11) is 0. The van der Waals surface area contributed by atoms with Gasteiger partial charge in [-0.05, 0) is 79.7 Å². The van der Waals surface area contributed by atoms with E-state index in [1.54, 1.807) is 0 Å². The van der Waals surface area contributed by atoms with Crippen molar-refractivity contribution in [2.75, 3.05) is 50.8 Å². The van der Waals surface area contributed by atoms with Crippen LogP contribution in [-0.2, 0) is 11.2 Å². The number of anilines is 1. The second-order valence-corrected chi connectivity index (χ2v) is 15.4. The van der Waals surface area contributed by atoms with Gasteiger partial charge in [0.2, 0.25) is 6.54 Å². The van der Waals surface area contributed by atoms with Crippen molar-refractivity contribution in [3.05, 3.63) is 64.2 Å². The molecule has 9 rings (SSSR count). The average molecular weight is 701 g/mol. The number of piperazine rings is 1. The quantitative estimate of drug-likeness (QED) is 0.186. The third kappa shape index (κ3) is 5.37. The highest BCUT2D eigenvalue weighted by molar-refractivity contribution is 6.35. The Hall–Kier alpha value is -4.01. The number of alkyl halides is 1. The summed E-state index contributed by atoms with van der Waals surface area (Å²) >= 11 is 7.28. The number of hydrogen-bond acceptors (Lipinski definition) is 7. The smallest absolute Gasteiger partial charge is 0.319 e. The molecule has 3 aliphatic carbocycles. The van der Waals surface area contributed by atoms with Gasteiger partial charge in [0.1, 0.15) is 30.2 Å². The largest absolute Gasteiger partial charge is 0.487 e. The topological polar surface area (TPSA) is 75.4 Å². The maximum atomic E-state index is 14.7. The van der Waals surface area contributed by atoms with Crippen LogP contribution in [0, 0.1) is 12.5 Å². The lowest BCUT2D eigenvalue weighted by atomic mass is 9.93. The Morgan fingerprint density at radius 2 is 2.06 bits per heavy atom. The summed E-state index contributed by atoms with van der Waals surface area (Å²) in [5, 5.41) is 1.19. The fourth-order valence-electron chi connectivity index (χ4n) is 9.10. The third-order valence-electron chi connectivity index (χ3n) is 11.7. The monoisotopic (exact) mass is 700 g/mol. The maximum absolute atomic E-state index is 14.7. The van der Waals surface area contributed by atoms with E-state index in [2.05, 4.69) is 34.5 Å². The van der Waals surface area contributed by atoms with E-state index < -0.39 is 29.5 Å². The standard InChI is InChI=1S/C38H39ClF2N6O3/c1-21(40)36(48)47-12-11-45(19-24(47)17-42-2)35-30-15-31(39)32(27-6-3-5-26-28-13-22(28)14-29(26)27)34(50-25-7-8-25)33(30)43-37(44-35)49-20-38-9-4-10-46(38)18-23(41)16-38/h3,5-6,15,22-25,28H,1,4,7-14,16-20H2/t22?,23-,24+,28?,38+/m1/s1. The summed E-state index contributed by atoms with van der Waals surface area (Å²) in [6.45, 7) is 13.0. The minimum absolute atomic E-state index is 0.00725. The first-order valence-corrected chi connectivity index (χ1v) is 18.2. The Morgan fingerprint density at radius 1 is 1.20 bits per heavy atom. The van der Waals surface area contributed by atoms with Gasteiger partial charge >= 0.3 is 6.01 Å². The average Bonchev–Trinajstić information content (AvgIpc) is 3.98. The van der Waals surface area contributed by atoms with Crippen molar-refractivity contribution >= 4 is 34.2 Å². The second kappa shape index (κ2) is 12.1.